The summed E-state index contributed by atoms with van der Waals surface area (Å²) in [7, 11) is 0. The number of carboxylic acids is 1. The van der Waals surface area contributed by atoms with Gasteiger partial charge in [-0.2, -0.15) is 0 Å². The van der Waals surface area contributed by atoms with E-state index in [1.54, 1.807) is 27.7 Å². The average Bonchev–Trinajstić information content (AvgIpc) is 3.08. The van der Waals surface area contributed by atoms with Crippen molar-refractivity contribution in [2.24, 2.45) is 22.7 Å². The Hall–Kier alpha value is -0.990. The lowest BCUT2D eigenvalue weighted by atomic mass is 9.44. The zero-order valence-corrected chi connectivity index (χ0v) is 19.8. The molecule has 0 amide bonds. The van der Waals surface area contributed by atoms with Crippen LogP contribution in [-0.4, -0.2) is 56.6 Å². The predicted octanol–water partition coefficient (Wildman–Crippen LogP) is 3.73. The summed E-state index contributed by atoms with van der Waals surface area (Å²) in [5.74, 6) is -3.99. The first-order valence-electron chi connectivity index (χ1n) is 10.9. The highest BCUT2D eigenvalue weighted by molar-refractivity contribution is 6.45. The monoisotopic (exact) mass is 488 g/mol. The van der Waals surface area contributed by atoms with Crippen LogP contribution in [0.25, 0.3) is 0 Å². The van der Waals surface area contributed by atoms with E-state index in [1.807, 2.05) is 0 Å². The highest BCUT2D eigenvalue weighted by atomic mass is 35.5. The van der Waals surface area contributed by atoms with E-state index >= 15 is 4.39 Å². The molecule has 1 heterocycles. The number of rotatable bonds is 1. The molecule has 1 saturated heterocycles. The van der Waals surface area contributed by atoms with Gasteiger partial charge in [0.05, 0.1) is 16.5 Å². The number of alkyl halides is 2. The summed E-state index contributed by atoms with van der Waals surface area (Å²) < 4.78 is 29.3. The average molecular weight is 489 g/mol. The van der Waals surface area contributed by atoms with Crippen molar-refractivity contribution in [1.29, 1.82) is 0 Å². The molecule has 4 aliphatic carbocycles. The third kappa shape index (κ3) is 2.32. The SMILES string of the molecule is CC1(C)O[C@@H]2C[C@H]3[C@@H]4C[C@H](Cl)C5=C(Cl)C(=O)C=C[C@]5(C)[C@@]4(F)[C@@H](O)C[C@]3(C)[C@]2(C(=O)O)O1. The normalized spacial score (nSPS) is 53.5. The number of carbonyl (C=O) groups is 2. The van der Waals surface area contributed by atoms with Crippen molar-refractivity contribution in [3.8, 4) is 0 Å². The van der Waals surface area contributed by atoms with Crippen molar-refractivity contribution in [2.75, 3.05) is 0 Å². The second kappa shape index (κ2) is 6.36. The van der Waals surface area contributed by atoms with E-state index in [9.17, 15) is 19.8 Å². The van der Waals surface area contributed by atoms with E-state index in [4.69, 9.17) is 32.7 Å². The van der Waals surface area contributed by atoms with Gasteiger partial charge in [-0.1, -0.05) is 24.6 Å². The zero-order chi connectivity index (χ0) is 23.6. The fourth-order valence-corrected chi connectivity index (χ4v) is 8.74. The Balaban J connectivity index is 1.68. The number of aliphatic carboxylic acids is 1. The number of ether oxygens (including phenoxy) is 2. The molecule has 3 saturated carbocycles. The summed E-state index contributed by atoms with van der Waals surface area (Å²) in [6.45, 7) is 6.68. The molecule has 0 spiro atoms. The Kier molecular flexibility index (Phi) is 4.53. The standard InChI is InChI=1S/C23H27Cl2FO6/c1-19(2)31-15-8-10-11-7-12(24)16-17(25)13(27)5-6-20(16,3)22(11,26)14(28)9-21(10,4)23(15,32-19)18(29)30/h5-6,10-12,14-15,28H,7-9H2,1-4H3,(H,29,30)/t10-,11-,12-,14-,15+,20-,21-,22-,23-/m0/s1. The molecule has 4 fully saturated rings. The van der Waals surface area contributed by atoms with E-state index < -0.39 is 69.1 Å². The Morgan fingerprint density at radius 1 is 1.22 bits per heavy atom. The van der Waals surface area contributed by atoms with Gasteiger partial charge in [0.25, 0.3) is 0 Å². The van der Waals surface area contributed by atoms with Crippen LogP contribution in [0.4, 0.5) is 4.39 Å². The summed E-state index contributed by atoms with van der Waals surface area (Å²) in [4.78, 5) is 24.9. The molecule has 0 unspecified atom stereocenters. The number of carboxylic acid groups (broad SMARTS) is 1. The van der Waals surface area contributed by atoms with Crippen molar-refractivity contribution in [1.82, 2.24) is 0 Å². The van der Waals surface area contributed by atoms with E-state index in [0.29, 0.717) is 0 Å². The molecule has 176 valence electrons. The maximum Gasteiger partial charge on any atom is 0.339 e. The maximum absolute atomic E-state index is 17.3. The first kappa shape index (κ1) is 22.8. The highest BCUT2D eigenvalue weighted by Crippen LogP contribution is 2.72. The second-order valence-electron chi connectivity index (χ2n) is 10.8. The molecular formula is C23H27Cl2FO6. The lowest BCUT2D eigenvalue weighted by Crippen LogP contribution is -2.70. The fraction of sp³-hybridized carbons (Fsp3) is 0.739. The molecule has 0 aromatic heterocycles. The molecule has 0 aromatic carbocycles. The number of aliphatic hydroxyl groups is 1. The second-order valence-corrected chi connectivity index (χ2v) is 11.7. The quantitative estimate of drug-likeness (QED) is 0.546. The highest BCUT2D eigenvalue weighted by Gasteiger charge is 2.81. The van der Waals surface area contributed by atoms with Gasteiger partial charge in [-0.25, -0.2) is 9.18 Å². The third-order valence-corrected chi connectivity index (χ3v) is 9.80. The van der Waals surface area contributed by atoms with Crippen molar-refractivity contribution in [3.63, 3.8) is 0 Å². The number of allylic oxidation sites excluding steroid dienone is 4. The Morgan fingerprint density at radius 3 is 2.50 bits per heavy atom. The van der Waals surface area contributed by atoms with Crippen LogP contribution < -0.4 is 0 Å². The van der Waals surface area contributed by atoms with Gasteiger partial charge in [-0.3, -0.25) is 4.79 Å². The van der Waals surface area contributed by atoms with Crippen molar-refractivity contribution in [2.45, 2.75) is 81.6 Å². The molecule has 32 heavy (non-hydrogen) atoms. The topological polar surface area (TPSA) is 93.1 Å². The van der Waals surface area contributed by atoms with E-state index in [2.05, 4.69) is 0 Å². The molecule has 0 bridgehead atoms. The molecule has 5 aliphatic rings. The largest absolute Gasteiger partial charge is 0.479 e. The van der Waals surface area contributed by atoms with Crippen LogP contribution in [0.15, 0.2) is 22.8 Å². The molecule has 0 radical (unpaired) electrons. The molecule has 5 rings (SSSR count). The van der Waals surface area contributed by atoms with Crippen molar-refractivity contribution < 1.29 is 33.7 Å². The van der Waals surface area contributed by atoms with Gasteiger partial charge in [0.1, 0.15) is 6.10 Å². The fourth-order valence-electron chi connectivity index (χ4n) is 7.77. The van der Waals surface area contributed by atoms with Crippen molar-refractivity contribution in [3.05, 3.63) is 22.8 Å². The summed E-state index contributed by atoms with van der Waals surface area (Å²) in [5.41, 5.74) is -6.11. The van der Waals surface area contributed by atoms with Crippen LogP contribution >= 0.6 is 23.2 Å². The van der Waals surface area contributed by atoms with Crippen LogP contribution in [0, 0.1) is 22.7 Å². The minimum Gasteiger partial charge on any atom is -0.479 e. The Labute approximate surface area is 195 Å². The Bertz CT molecular complexity index is 995. The van der Waals surface area contributed by atoms with Gasteiger partial charge in [0, 0.05) is 16.7 Å². The molecular weight excluding hydrogens is 462 g/mol. The predicted molar refractivity (Wildman–Crippen MR) is 114 cm³/mol. The summed E-state index contributed by atoms with van der Waals surface area (Å²) >= 11 is 13.0. The number of hydrogen-bond acceptors (Lipinski definition) is 5. The van der Waals surface area contributed by atoms with E-state index in [-0.39, 0.29) is 29.9 Å². The number of aliphatic hydroxyl groups excluding tert-OH is 1. The number of carbonyl (C=O) groups excluding carboxylic acids is 1. The molecule has 2 N–H and O–H groups in total. The molecule has 1 aliphatic heterocycles. The van der Waals surface area contributed by atoms with Crippen LogP contribution in [0.5, 0.6) is 0 Å². The third-order valence-electron chi connectivity index (χ3n) is 9.02. The molecule has 0 aromatic rings. The maximum atomic E-state index is 17.3. The van der Waals surface area contributed by atoms with Gasteiger partial charge >= 0.3 is 5.97 Å². The lowest BCUT2D eigenvalue weighted by molar-refractivity contribution is -0.251. The summed E-state index contributed by atoms with van der Waals surface area (Å²) in [6, 6.07) is 0. The number of ketones is 1. The summed E-state index contributed by atoms with van der Waals surface area (Å²) in [6.07, 6.45) is 0.627. The first-order chi connectivity index (χ1) is 14.7. The molecule has 9 atom stereocenters. The number of hydrogen-bond donors (Lipinski definition) is 2. The van der Waals surface area contributed by atoms with Gasteiger partial charge in [-0.15, -0.1) is 11.6 Å². The van der Waals surface area contributed by atoms with Gasteiger partial charge in [-0.05, 0) is 57.6 Å². The van der Waals surface area contributed by atoms with Crippen LogP contribution in [0.3, 0.4) is 0 Å². The number of fused-ring (bicyclic) bond motifs is 7. The van der Waals surface area contributed by atoms with Crippen LogP contribution in [-0.2, 0) is 19.1 Å². The first-order valence-corrected chi connectivity index (χ1v) is 11.7. The lowest BCUT2D eigenvalue weighted by Gasteiger charge is -2.63. The molecule has 6 nitrogen and oxygen atoms in total. The number of halogens is 3. The van der Waals surface area contributed by atoms with Gasteiger partial charge in [0.15, 0.2) is 22.8 Å². The zero-order valence-electron chi connectivity index (χ0n) is 18.3. The molecule has 9 heteroatoms. The van der Waals surface area contributed by atoms with Crippen molar-refractivity contribution >= 4 is 35.0 Å². The summed E-state index contributed by atoms with van der Waals surface area (Å²) in [5, 5.41) is 20.9. The van der Waals surface area contributed by atoms with Gasteiger partial charge < -0.3 is 19.7 Å². The van der Waals surface area contributed by atoms with E-state index in [1.165, 1.54) is 12.2 Å². The smallest absolute Gasteiger partial charge is 0.339 e. The minimum absolute atomic E-state index is 0.107. The Morgan fingerprint density at radius 2 is 1.88 bits per heavy atom. The van der Waals surface area contributed by atoms with Gasteiger partial charge in [0.2, 0.25) is 0 Å². The minimum atomic E-state index is -2.19. The van der Waals surface area contributed by atoms with Crippen LogP contribution in [0.2, 0.25) is 0 Å². The van der Waals surface area contributed by atoms with Crippen LogP contribution in [0.1, 0.15) is 47.0 Å². The van der Waals surface area contributed by atoms with E-state index in [0.717, 1.165) is 0 Å².